The van der Waals surface area contributed by atoms with Crippen LogP contribution >= 0.6 is 0 Å². The first kappa shape index (κ1) is 16.0. The van der Waals surface area contributed by atoms with Gasteiger partial charge < -0.3 is 14.7 Å². The van der Waals surface area contributed by atoms with Crippen LogP contribution in [0.15, 0.2) is 35.1 Å². The Bertz CT molecular complexity index is 1340. The minimum absolute atomic E-state index is 0.116. The molecule has 134 valence electrons. The van der Waals surface area contributed by atoms with Crippen molar-refractivity contribution < 1.29 is 9.50 Å². The standard InChI is InChI=1S/C21H16FN3O2/c22-16-8-18-15(7-12(16)10-26)20(27)19-14-5-4-11(9-23)6-17(14)24-21(19)25(18)13-2-1-3-13/h4-8,13,24,26H,1-3,10H2. The molecule has 0 saturated heterocycles. The number of fused-ring (bicyclic) bond motifs is 4. The summed E-state index contributed by atoms with van der Waals surface area (Å²) in [6.07, 6.45) is 3.03. The summed E-state index contributed by atoms with van der Waals surface area (Å²) in [7, 11) is 0. The summed E-state index contributed by atoms with van der Waals surface area (Å²) in [5.74, 6) is -0.514. The SMILES string of the molecule is N#Cc1ccc2c(c1)[nH]c1c2c(=O)c2cc(CO)c(F)cc2n1C1CCC1. The summed E-state index contributed by atoms with van der Waals surface area (Å²) in [4.78, 5) is 16.6. The number of hydrogen-bond acceptors (Lipinski definition) is 3. The van der Waals surface area contributed by atoms with Crippen LogP contribution in [0.5, 0.6) is 0 Å². The number of aliphatic hydroxyl groups excluding tert-OH is 1. The Hall–Kier alpha value is -3.17. The molecule has 5 nitrogen and oxygen atoms in total. The van der Waals surface area contributed by atoms with Gasteiger partial charge in [0.1, 0.15) is 11.5 Å². The van der Waals surface area contributed by atoms with Crippen LogP contribution in [0.3, 0.4) is 0 Å². The number of nitriles is 1. The van der Waals surface area contributed by atoms with Crippen molar-refractivity contribution >= 4 is 32.8 Å². The van der Waals surface area contributed by atoms with Crippen LogP contribution in [0.2, 0.25) is 0 Å². The van der Waals surface area contributed by atoms with E-state index in [1.54, 1.807) is 18.2 Å². The molecule has 2 heterocycles. The maximum absolute atomic E-state index is 14.4. The van der Waals surface area contributed by atoms with Crippen molar-refractivity contribution in [3.63, 3.8) is 0 Å². The number of pyridine rings is 1. The molecule has 0 spiro atoms. The van der Waals surface area contributed by atoms with Crippen LogP contribution in [0.25, 0.3) is 32.8 Å². The number of hydrogen-bond donors (Lipinski definition) is 2. The summed E-state index contributed by atoms with van der Waals surface area (Å²) < 4.78 is 16.4. The van der Waals surface area contributed by atoms with E-state index in [1.165, 1.54) is 12.1 Å². The van der Waals surface area contributed by atoms with Gasteiger partial charge in [0.25, 0.3) is 0 Å². The quantitative estimate of drug-likeness (QED) is 0.569. The lowest BCUT2D eigenvalue weighted by molar-refractivity contribution is 0.276. The first-order valence-corrected chi connectivity index (χ1v) is 8.95. The fourth-order valence-corrected chi connectivity index (χ4v) is 4.05. The van der Waals surface area contributed by atoms with Gasteiger partial charge in [-0.25, -0.2) is 4.39 Å². The number of halogens is 1. The number of aliphatic hydroxyl groups is 1. The van der Waals surface area contributed by atoms with E-state index in [4.69, 9.17) is 5.26 Å². The number of H-pyrrole nitrogens is 1. The topological polar surface area (TPSA) is 81.8 Å². The fraction of sp³-hybridized carbons (Fsp3) is 0.238. The van der Waals surface area contributed by atoms with E-state index < -0.39 is 12.4 Å². The van der Waals surface area contributed by atoms with E-state index in [-0.39, 0.29) is 17.0 Å². The third-order valence-corrected chi connectivity index (χ3v) is 5.65. The number of benzene rings is 2. The molecule has 0 unspecified atom stereocenters. The Labute approximate surface area is 153 Å². The van der Waals surface area contributed by atoms with Crippen molar-refractivity contribution in [3.8, 4) is 6.07 Å². The third-order valence-electron chi connectivity index (χ3n) is 5.65. The lowest BCUT2D eigenvalue weighted by Gasteiger charge is -2.30. The lowest BCUT2D eigenvalue weighted by atomic mass is 9.91. The van der Waals surface area contributed by atoms with Crippen molar-refractivity contribution in [2.45, 2.75) is 31.9 Å². The van der Waals surface area contributed by atoms with E-state index in [0.29, 0.717) is 33.0 Å². The molecule has 2 N–H and O–H groups in total. The largest absolute Gasteiger partial charge is 0.392 e. The predicted molar refractivity (Wildman–Crippen MR) is 101 cm³/mol. The average Bonchev–Trinajstić information content (AvgIpc) is 3.01. The van der Waals surface area contributed by atoms with E-state index in [9.17, 15) is 14.3 Å². The number of aromatic nitrogens is 2. The zero-order valence-corrected chi connectivity index (χ0v) is 14.4. The maximum Gasteiger partial charge on any atom is 0.199 e. The number of aromatic amines is 1. The molecule has 2 aromatic heterocycles. The summed E-state index contributed by atoms with van der Waals surface area (Å²) in [6.45, 7) is -0.456. The fourth-order valence-electron chi connectivity index (χ4n) is 4.05. The highest BCUT2D eigenvalue weighted by atomic mass is 19.1. The molecule has 4 aromatic rings. The Morgan fingerprint density at radius 3 is 2.74 bits per heavy atom. The Morgan fingerprint density at radius 2 is 2.07 bits per heavy atom. The Morgan fingerprint density at radius 1 is 1.26 bits per heavy atom. The molecular weight excluding hydrogens is 345 g/mol. The molecule has 0 amide bonds. The average molecular weight is 361 g/mol. The zero-order chi connectivity index (χ0) is 18.7. The number of nitrogens with zero attached hydrogens (tertiary/aromatic N) is 2. The van der Waals surface area contributed by atoms with Crippen LogP contribution in [0.4, 0.5) is 4.39 Å². The molecule has 1 aliphatic carbocycles. The van der Waals surface area contributed by atoms with Crippen molar-refractivity contribution in [2.24, 2.45) is 0 Å². The molecular formula is C21H16FN3O2. The van der Waals surface area contributed by atoms with Crippen LogP contribution in [-0.4, -0.2) is 14.7 Å². The highest BCUT2D eigenvalue weighted by molar-refractivity contribution is 6.10. The van der Waals surface area contributed by atoms with Gasteiger partial charge in [0, 0.05) is 27.9 Å². The lowest BCUT2D eigenvalue weighted by Crippen LogP contribution is -2.21. The van der Waals surface area contributed by atoms with Crippen LogP contribution in [-0.2, 0) is 6.61 Å². The summed E-state index contributed by atoms with van der Waals surface area (Å²) in [5, 5.41) is 20.3. The second-order valence-electron chi connectivity index (χ2n) is 7.12. The van der Waals surface area contributed by atoms with Crippen molar-refractivity contribution in [1.82, 2.24) is 9.55 Å². The molecule has 1 saturated carbocycles. The molecule has 27 heavy (non-hydrogen) atoms. The van der Waals surface area contributed by atoms with E-state index in [1.807, 2.05) is 4.57 Å². The first-order chi connectivity index (χ1) is 13.1. The Kier molecular flexibility index (Phi) is 3.36. The van der Waals surface area contributed by atoms with Gasteiger partial charge in [0.2, 0.25) is 0 Å². The Balaban J connectivity index is 2.01. The number of rotatable bonds is 2. The molecule has 0 aliphatic heterocycles. The van der Waals surface area contributed by atoms with Gasteiger partial charge in [-0.05, 0) is 43.5 Å². The van der Waals surface area contributed by atoms with E-state index in [2.05, 4.69) is 11.1 Å². The van der Waals surface area contributed by atoms with E-state index >= 15 is 0 Å². The van der Waals surface area contributed by atoms with Gasteiger partial charge in [-0.2, -0.15) is 5.26 Å². The van der Waals surface area contributed by atoms with Crippen LogP contribution in [0.1, 0.15) is 36.4 Å². The molecule has 6 heteroatoms. The minimum atomic E-state index is -0.514. The molecule has 0 atom stereocenters. The molecule has 1 fully saturated rings. The summed E-state index contributed by atoms with van der Waals surface area (Å²) >= 11 is 0. The normalized spacial score (nSPS) is 14.7. The second-order valence-corrected chi connectivity index (χ2v) is 7.12. The van der Waals surface area contributed by atoms with Gasteiger partial charge in [-0.1, -0.05) is 6.07 Å². The summed E-state index contributed by atoms with van der Waals surface area (Å²) in [6, 6.07) is 10.3. The van der Waals surface area contributed by atoms with Crippen molar-refractivity contribution in [3.05, 3.63) is 57.5 Å². The van der Waals surface area contributed by atoms with Gasteiger partial charge in [-0.15, -0.1) is 0 Å². The first-order valence-electron chi connectivity index (χ1n) is 8.95. The van der Waals surface area contributed by atoms with Crippen molar-refractivity contribution in [2.75, 3.05) is 0 Å². The zero-order valence-electron chi connectivity index (χ0n) is 14.4. The molecule has 0 radical (unpaired) electrons. The van der Waals surface area contributed by atoms with Gasteiger partial charge in [0.15, 0.2) is 5.43 Å². The maximum atomic E-state index is 14.4. The second kappa shape index (κ2) is 5.66. The van der Waals surface area contributed by atoms with Gasteiger partial charge in [-0.3, -0.25) is 4.79 Å². The third kappa shape index (κ3) is 2.15. The highest BCUT2D eigenvalue weighted by Crippen LogP contribution is 2.38. The number of nitrogens with one attached hydrogen (secondary N) is 1. The summed E-state index contributed by atoms with van der Waals surface area (Å²) in [5.41, 5.74) is 2.35. The van der Waals surface area contributed by atoms with Crippen molar-refractivity contribution in [1.29, 1.82) is 5.26 Å². The smallest absolute Gasteiger partial charge is 0.199 e. The monoisotopic (exact) mass is 361 g/mol. The molecule has 0 bridgehead atoms. The van der Waals surface area contributed by atoms with Gasteiger partial charge in [0.05, 0.1) is 29.1 Å². The minimum Gasteiger partial charge on any atom is -0.392 e. The van der Waals surface area contributed by atoms with Crippen LogP contribution < -0.4 is 5.43 Å². The van der Waals surface area contributed by atoms with Crippen LogP contribution in [0, 0.1) is 17.1 Å². The van der Waals surface area contributed by atoms with E-state index in [0.717, 1.165) is 24.6 Å². The molecule has 1 aliphatic rings. The predicted octanol–water partition coefficient (Wildman–Crippen LogP) is 3.86. The highest BCUT2D eigenvalue weighted by Gasteiger charge is 2.26. The molecule has 2 aromatic carbocycles. The van der Waals surface area contributed by atoms with Gasteiger partial charge >= 0.3 is 0 Å². The molecule has 5 rings (SSSR count).